The van der Waals surface area contributed by atoms with Crippen LogP contribution in [0.4, 0.5) is 5.69 Å². The monoisotopic (exact) mass is 513 g/mol. The topological polar surface area (TPSA) is 116 Å². The molecule has 4 fully saturated rings. The summed E-state index contributed by atoms with van der Waals surface area (Å²) >= 11 is 0. The van der Waals surface area contributed by atoms with Crippen molar-refractivity contribution in [1.29, 1.82) is 0 Å². The van der Waals surface area contributed by atoms with Crippen molar-refractivity contribution in [3.8, 4) is 0 Å². The largest absolute Gasteiger partial charge is 0.480 e. The number of nitrogens with one attached hydrogen (secondary N) is 1. The lowest BCUT2D eigenvalue weighted by atomic mass is 9.86. The van der Waals surface area contributed by atoms with E-state index in [1.54, 1.807) is 12.1 Å². The minimum atomic E-state index is -4.01. The van der Waals surface area contributed by atoms with E-state index in [4.69, 9.17) is 4.74 Å². The van der Waals surface area contributed by atoms with Crippen LogP contribution in [0.1, 0.15) is 37.3 Å². The molecule has 2 N–H and O–H groups in total. The van der Waals surface area contributed by atoms with E-state index in [-0.39, 0.29) is 24.0 Å². The highest BCUT2D eigenvalue weighted by molar-refractivity contribution is 7.89. The Morgan fingerprint density at radius 1 is 1.00 bits per heavy atom. The molecule has 3 atom stereocenters. The van der Waals surface area contributed by atoms with E-state index in [0.717, 1.165) is 36.8 Å². The number of carboxylic acid groups (broad SMARTS) is 1. The van der Waals surface area contributed by atoms with Gasteiger partial charge in [-0.2, -0.15) is 4.31 Å². The highest BCUT2D eigenvalue weighted by atomic mass is 32.2. The third-order valence-corrected chi connectivity index (χ3v) is 9.38. The van der Waals surface area contributed by atoms with Crippen LogP contribution >= 0.6 is 0 Å². The predicted octanol–water partition coefficient (Wildman–Crippen LogP) is 2.71. The maximum absolute atomic E-state index is 13.4. The lowest BCUT2D eigenvalue weighted by Crippen LogP contribution is -2.52. The zero-order chi connectivity index (χ0) is 25.3. The van der Waals surface area contributed by atoms with Gasteiger partial charge in [-0.15, -0.1) is 0 Å². The van der Waals surface area contributed by atoms with E-state index in [1.807, 2.05) is 30.3 Å². The summed E-state index contributed by atoms with van der Waals surface area (Å²) in [5.74, 6) is -1.19. The maximum atomic E-state index is 13.4. The number of hydrogen-bond acceptors (Lipinski definition) is 7. The van der Waals surface area contributed by atoms with Crippen LogP contribution in [-0.4, -0.2) is 73.0 Å². The number of carboxylic acids is 1. The molecule has 2 aromatic rings. The number of sulfonamides is 1. The van der Waals surface area contributed by atoms with E-state index in [1.165, 1.54) is 12.1 Å². The number of anilines is 1. The fourth-order valence-corrected chi connectivity index (χ4v) is 7.21. The summed E-state index contributed by atoms with van der Waals surface area (Å²) in [7, 11) is -4.01. The molecule has 2 bridgehead atoms. The summed E-state index contributed by atoms with van der Waals surface area (Å²) in [5.41, 5.74) is 1.14. The van der Waals surface area contributed by atoms with Crippen LogP contribution < -0.4 is 5.32 Å². The van der Waals surface area contributed by atoms with Crippen molar-refractivity contribution in [1.82, 2.24) is 9.21 Å². The molecule has 4 aliphatic rings. The van der Waals surface area contributed by atoms with Gasteiger partial charge in [-0.25, -0.2) is 13.2 Å². The highest BCUT2D eigenvalue weighted by Crippen LogP contribution is 2.32. The zero-order valence-corrected chi connectivity index (χ0v) is 20.8. The van der Waals surface area contributed by atoms with Gasteiger partial charge in [0.05, 0.1) is 4.90 Å². The number of hydrogen-bond donors (Lipinski definition) is 2. The summed E-state index contributed by atoms with van der Waals surface area (Å²) < 4.78 is 33.6. The Labute approximate surface area is 211 Å². The molecular formula is C26H31N3O6S. The summed E-state index contributed by atoms with van der Waals surface area (Å²) in [4.78, 5) is 27.3. The quantitative estimate of drug-likeness (QED) is 0.518. The maximum Gasteiger partial charge on any atom is 0.333 e. The third-order valence-electron chi connectivity index (χ3n) is 7.47. The Morgan fingerprint density at radius 3 is 2.42 bits per heavy atom. The van der Waals surface area contributed by atoms with Gasteiger partial charge in [0, 0.05) is 18.8 Å². The summed E-state index contributed by atoms with van der Waals surface area (Å²) in [6.07, 6.45) is 2.68. The van der Waals surface area contributed by atoms with Crippen molar-refractivity contribution in [2.24, 2.45) is 5.92 Å². The number of aliphatic carboxylic acids is 1. The van der Waals surface area contributed by atoms with Gasteiger partial charge in [0.25, 0.3) is 0 Å². The molecule has 1 unspecified atom stereocenters. The van der Waals surface area contributed by atoms with E-state index >= 15 is 0 Å². The first-order valence-electron chi connectivity index (χ1n) is 12.4. The van der Waals surface area contributed by atoms with E-state index in [9.17, 15) is 23.1 Å². The molecule has 0 radical (unpaired) electrons. The number of piperidine rings is 3. The van der Waals surface area contributed by atoms with E-state index < -0.39 is 34.0 Å². The highest BCUT2D eigenvalue weighted by Gasteiger charge is 2.40. The van der Waals surface area contributed by atoms with Crippen LogP contribution in [0.15, 0.2) is 59.5 Å². The molecule has 36 heavy (non-hydrogen) atoms. The van der Waals surface area contributed by atoms with Crippen LogP contribution in [0, 0.1) is 5.92 Å². The van der Waals surface area contributed by atoms with Gasteiger partial charge in [0.2, 0.25) is 10.0 Å². The van der Waals surface area contributed by atoms with Gasteiger partial charge in [-0.05, 0) is 68.5 Å². The minimum Gasteiger partial charge on any atom is -0.480 e. The predicted molar refractivity (Wildman–Crippen MR) is 133 cm³/mol. The lowest BCUT2D eigenvalue weighted by Gasteiger charge is -2.44. The van der Waals surface area contributed by atoms with E-state index in [2.05, 4.69) is 10.2 Å². The Hall–Kier alpha value is -2.95. The fraction of sp³-hybridized carbons (Fsp3) is 0.462. The summed E-state index contributed by atoms with van der Waals surface area (Å²) in [5, 5.41) is 12.6. The molecule has 2 aromatic carbocycles. The first-order valence-corrected chi connectivity index (χ1v) is 13.9. The second-order valence-electron chi connectivity index (χ2n) is 9.74. The average Bonchev–Trinajstić information content (AvgIpc) is 3.40. The molecule has 0 aromatic heterocycles. The van der Waals surface area contributed by atoms with Gasteiger partial charge in [0.15, 0.2) is 6.04 Å². The van der Waals surface area contributed by atoms with Crippen LogP contribution in [-0.2, 0) is 24.3 Å². The summed E-state index contributed by atoms with van der Waals surface area (Å²) in [6.45, 7) is 2.99. The smallest absolute Gasteiger partial charge is 0.333 e. The molecule has 10 heteroatoms. The number of ether oxygens (including phenoxy) is 1. The van der Waals surface area contributed by atoms with Crippen LogP contribution in [0.3, 0.4) is 0 Å². The Kier molecular flexibility index (Phi) is 7.00. The number of carbonyl (C=O) groups excluding carboxylic acids is 1. The number of benzene rings is 2. The number of carbonyl (C=O) groups is 2. The van der Waals surface area contributed by atoms with E-state index in [0.29, 0.717) is 23.6 Å². The minimum absolute atomic E-state index is 0.0155. The lowest BCUT2D eigenvalue weighted by molar-refractivity contribution is -0.160. The SMILES string of the molecule is O=C(O[C@H]1CN2CCC1CC2)C(Nc1cccc(S(=O)(=O)N2CCC[C@H]2C(=O)O)c1)c1ccccc1. The van der Waals surface area contributed by atoms with Crippen molar-refractivity contribution in [2.45, 2.75) is 48.8 Å². The molecule has 192 valence electrons. The summed E-state index contributed by atoms with van der Waals surface area (Å²) in [6, 6.07) is 13.5. The Balaban J connectivity index is 1.38. The number of fused-ring (bicyclic) bond motifs is 3. The van der Waals surface area contributed by atoms with Gasteiger partial charge in [-0.1, -0.05) is 36.4 Å². The normalized spacial score (nSPS) is 26.9. The molecule has 9 nitrogen and oxygen atoms in total. The van der Waals surface area contributed by atoms with Crippen LogP contribution in [0.5, 0.6) is 0 Å². The standard InChI is InChI=1S/C26H31N3O6S/c30-25(31)22-10-5-13-29(22)36(33,34)21-9-4-8-20(16-21)27-24(19-6-2-1-3-7-19)26(32)35-23-17-28-14-11-18(23)12-15-28/h1-4,6-9,16,18,22-24,27H,5,10-15,17H2,(H,30,31)/t22-,23-,24?/m0/s1. The second-order valence-corrected chi connectivity index (χ2v) is 11.6. The number of rotatable bonds is 8. The van der Waals surface area contributed by atoms with Gasteiger partial charge < -0.3 is 15.2 Å². The molecule has 0 saturated carbocycles. The first kappa shape index (κ1) is 24.7. The molecular weight excluding hydrogens is 482 g/mol. The number of nitrogens with zero attached hydrogens (tertiary/aromatic N) is 2. The van der Waals surface area contributed by atoms with Crippen molar-refractivity contribution in [3.63, 3.8) is 0 Å². The first-order chi connectivity index (χ1) is 17.3. The second kappa shape index (κ2) is 10.2. The molecule has 6 rings (SSSR count). The van der Waals surface area contributed by atoms with Gasteiger partial charge in [-0.3, -0.25) is 9.69 Å². The fourth-order valence-electron chi connectivity index (χ4n) is 5.51. The number of esters is 1. The van der Waals surface area contributed by atoms with Crippen LogP contribution in [0.25, 0.3) is 0 Å². The van der Waals surface area contributed by atoms with Crippen molar-refractivity contribution in [2.75, 3.05) is 31.5 Å². The molecule has 0 aliphatic carbocycles. The van der Waals surface area contributed by atoms with Crippen molar-refractivity contribution < 1.29 is 27.9 Å². The molecule has 0 spiro atoms. The average molecular weight is 514 g/mol. The van der Waals surface area contributed by atoms with Crippen molar-refractivity contribution in [3.05, 3.63) is 60.2 Å². The molecule has 4 heterocycles. The molecule has 4 saturated heterocycles. The molecule has 0 amide bonds. The van der Waals surface area contributed by atoms with Gasteiger partial charge in [0.1, 0.15) is 12.1 Å². The Morgan fingerprint density at radius 2 is 1.75 bits per heavy atom. The Bertz CT molecular complexity index is 1210. The zero-order valence-electron chi connectivity index (χ0n) is 20.0. The van der Waals surface area contributed by atoms with Gasteiger partial charge >= 0.3 is 11.9 Å². The van der Waals surface area contributed by atoms with Crippen molar-refractivity contribution >= 4 is 27.6 Å². The third kappa shape index (κ3) is 4.98. The van der Waals surface area contributed by atoms with Crippen LogP contribution in [0.2, 0.25) is 0 Å². The molecule has 4 aliphatic heterocycles.